The summed E-state index contributed by atoms with van der Waals surface area (Å²) in [6.45, 7) is 12.3. The second-order valence-electron chi connectivity index (χ2n) is 9.95. The van der Waals surface area contributed by atoms with Crippen LogP contribution in [0.5, 0.6) is 5.75 Å². The summed E-state index contributed by atoms with van der Waals surface area (Å²) in [6, 6.07) is 16.1. The number of amides is 1. The van der Waals surface area contributed by atoms with Crippen LogP contribution in [0.15, 0.2) is 48.5 Å². The molecule has 34 heavy (non-hydrogen) atoms. The van der Waals surface area contributed by atoms with Crippen LogP contribution in [0.4, 0.5) is 5.69 Å². The van der Waals surface area contributed by atoms with Gasteiger partial charge in [0.05, 0.1) is 5.92 Å². The molecule has 2 aromatic carbocycles. The summed E-state index contributed by atoms with van der Waals surface area (Å²) in [5.41, 5.74) is 2.09. The number of carbonyl (C=O) groups is 2. The fourth-order valence-electron chi connectivity index (χ4n) is 4.33. The molecule has 1 N–H and O–H groups in total. The topological polar surface area (TPSA) is 70.1 Å². The fourth-order valence-corrected chi connectivity index (χ4v) is 4.33. The molecule has 1 aliphatic rings. The number of benzene rings is 2. The lowest BCUT2D eigenvalue weighted by Gasteiger charge is -2.36. The molecule has 1 saturated heterocycles. The van der Waals surface area contributed by atoms with E-state index in [1.165, 1.54) is 19.4 Å². The normalized spacial score (nSPS) is 16.4. The molecular formula is C28H38N2O4. The van der Waals surface area contributed by atoms with E-state index in [9.17, 15) is 14.7 Å². The second-order valence-corrected chi connectivity index (χ2v) is 9.95. The van der Waals surface area contributed by atoms with Gasteiger partial charge in [0.1, 0.15) is 5.75 Å². The molecule has 2 aromatic rings. The second kappa shape index (κ2) is 10.9. The maximum Gasteiger partial charge on any atom is 0.347 e. The minimum Gasteiger partial charge on any atom is -0.478 e. The molecule has 0 radical (unpaired) electrons. The van der Waals surface area contributed by atoms with Crippen molar-refractivity contribution < 1.29 is 19.4 Å². The van der Waals surface area contributed by atoms with E-state index in [1.807, 2.05) is 30.0 Å². The van der Waals surface area contributed by atoms with Crippen molar-refractivity contribution in [2.45, 2.75) is 65.5 Å². The third-order valence-electron chi connectivity index (χ3n) is 6.55. The van der Waals surface area contributed by atoms with E-state index in [2.05, 4.69) is 43.0 Å². The summed E-state index contributed by atoms with van der Waals surface area (Å²) in [4.78, 5) is 29.0. The Morgan fingerprint density at radius 2 is 1.88 bits per heavy atom. The fraction of sp³-hybridized carbons (Fsp3) is 0.500. The molecule has 6 heteroatoms. The average molecular weight is 467 g/mol. The number of ether oxygens (including phenoxy) is 1. The van der Waals surface area contributed by atoms with Crippen LogP contribution in [-0.2, 0) is 16.1 Å². The van der Waals surface area contributed by atoms with Crippen LogP contribution in [0.1, 0.15) is 64.5 Å². The van der Waals surface area contributed by atoms with E-state index in [4.69, 9.17) is 4.74 Å². The largest absolute Gasteiger partial charge is 0.478 e. The van der Waals surface area contributed by atoms with Gasteiger partial charge >= 0.3 is 5.97 Å². The smallest absolute Gasteiger partial charge is 0.347 e. The van der Waals surface area contributed by atoms with Gasteiger partial charge in [-0.2, -0.15) is 0 Å². The maximum absolute atomic E-state index is 13.4. The number of carboxylic acids is 1. The van der Waals surface area contributed by atoms with Crippen LogP contribution in [0.3, 0.4) is 0 Å². The molecule has 1 aliphatic heterocycles. The highest BCUT2D eigenvalue weighted by Crippen LogP contribution is 2.29. The first-order valence-electron chi connectivity index (χ1n) is 12.3. The van der Waals surface area contributed by atoms with Crippen LogP contribution in [0, 0.1) is 5.92 Å². The lowest BCUT2D eigenvalue weighted by molar-refractivity contribution is -0.152. The Labute approximate surface area is 203 Å². The number of hydrogen-bond acceptors (Lipinski definition) is 4. The predicted molar refractivity (Wildman–Crippen MR) is 135 cm³/mol. The van der Waals surface area contributed by atoms with Gasteiger partial charge in [0, 0.05) is 37.9 Å². The van der Waals surface area contributed by atoms with Crippen molar-refractivity contribution in [3.8, 4) is 5.75 Å². The minimum absolute atomic E-state index is 0.0660. The Morgan fingerprint density at radius 3 is 2.50 bits per heavy atom. The first kappa shape index (κ1) is 25.6. The van der Waals surface area contributed by atoms with Gasteiger partial charge in [-0.15, -0.1) is 0 Å². The van der Waals surface area contributed by atoms with E-state index in [-0.39, 0.29) is 11.8 Å². The van der Waals surface area contributed by atoms with E-state index in [1.54, 1.807) is 6.07 Å². The van der Waals surface area contributed by atoms with Gasteiger partial charge in [-0.3, -0.25) is 4.79 Å². The van der Waals surface area contributed by atoms with Crippen molar-refractivity contribution in [3.63, 3.8) is 0 Å². The van der Waals surface area contributed by atoms with Crippen LogP contribution in [0.2, 0.25) is 0 Å². The number of rotatable bonds is 9. The highest BCUT2D eigenvalue weighted by Gasteiger charge is 2.31. The SMILES string of the molecule is CCN(Cc1ccc(C(C)C)cc1)C(=O)C1CCCN(c2cccc(OC(C)(C)C(=O)O)c2)C1. The molecule has 1 amide bonds. The van der Waals surface area contributed by atoms with E-state index < -0.39 is 11.6 Å². The van der Waals surface area contributed by atoms with Gasteiger partial charge < -0.3 is 19.6 Å². The van der Waals surface area contributed by atoms with Crippen molar-refractivity contribution in [2.24, 2.45) is 5.92 Å². The third kappa shape index (κ3) is 6.31. The van der Waals surface area contributed by atoms with Gasteiger partial charge in [-0.25, -0.2) is 4.79 Å². The summed E-state index contributed by atoms with van der Waals surface area (Å²) in [6.07, 6.45) is 1.81. The molecule has 0 bridgehead atoms. The van der Waals surface area contributed by atoms with E-state index in [0.717, 1.165) is 30.6 Å². The minimum atomic E-state index is -1.31. The number of aliphatic carboxylic acids is 1. The van der Waals surface area contributed by atoms with Crippen molar-refractivity contribution in [2.75, 3.05) is 24.5 Å². The third-order valence-corrected chi connectivity index (χ3v) is 6.55. The van der Waals surface area contributed by atoms with Gasteiger partial charge in [0.25, 0.3) is 0 Å². The number of anilines is 1. The Kier molecular flexibility index (Phi) is 8.24. The zero-order valence-corrected chi connectivity index (χ0v) is 21.1. The number of carbonyl (C=O) groups excluding carboxylic acids is 1. The molecule has 0 aromatic heterocycles. The molecule has 1 unspecified atom stereocenters. The number of piperidine rings is 1. The van der Waals surface area contributed by atoms with Crippen molar-refractivity contribution in [3.05, 3.63) is 59.7 Å². The van der Waals surface area contributed by atoms with Gasteiger partial charge in [0.2, 0.25) is 5.91 Å². The number of nitrogens with zero attached hydrogens (tertiary/aromatic N) is 2. The molecule has 6 nitrogen and oxygen atoms in total. The summed E-state index contributed by atoms with van der Waals surface area (Å²) < 4.78 is 5.71. The molecule has 0 saturated carbocycles. The lowest BCUT2D eigenvalue weighted by atomic mass is 9.95. The zero-order chi connectivity index (χ0) is 24.9. The lowest BCUT2D eigenvalue weighted by Crippen LogP contribution is -2.44. The number of carboxylic acid groups (broad SMARTS) is 1. The quantitative estimate of drug-likeness (QED) is 0.542. The van der Waals surface area contributed by atoms with Crippen LogP contribution >= 0.6 is 0 Å². The van der Waals surface area contributed by atoms with Gasteiger partial charge in [0.15, 0.2) is 5.60 Å². The molecule has 0 aliphatic carbocycles. The van der Waals surface area contributed by atoms with Gasteiger partial charge in [-0.05, 0) is 62.8 Å². The highest BCUT2D eigenvalue weighted by molar-refractivity contribution is 5.80. The Hall–Kier alpha value is -3.02. The van der Waals surface area contributed by atoms with Crippen molar-refractivity contribution in [1.82, 2.24) is 4.90 Å². The summed E-state index contributed by atoms with van der Waals surface area (Å²) in [5, 5.41) is 9.36. The molecule has 1 heterocycles. The Morgan fingerprint density at radius 1 is 1.18 bits per heavy atom. The van der Waals surface area contributed by atoms with Crippen molar-refractivity contribution in [1.29, 1.82) is 0 Å². The summed E-state index contributed by atoms with van der Waals surface area (Å²) in [5.74, 6) is 0.118. The average Bonchev–Trinajstić information content (AvgIpc) is 2.82. The van der Waals surface area contributed by atoms with E-state index >= 15 is 0 Å². The first-order chi connectivity index (χ1) is 16.1. The van der Waals surface area contributed by atoms with Gasteiger partial charge in [-0.1, -0.05) is 44.2 Å². The zero-order valence-electron chi connectivity index (χ0n) is 21.1. The van der Waals surface area contributed by atoms with Crippen LogP contribution in [0.25, 0.3) is 0 Å². The Balaban J connectivity index is 1.68. The summed E-state index contributed by atoms with van der Waals surface area (Å²) >= 11 is 0. The molecule has 184 valence electrons. The molecule has 1 fully saturated rings. The molecule has 1 atom stereocenters. The molecular weight excluding hydrogens is 428 g/mol. The monoisotopic (exact) mass is 466 g/mol. The van der Waals surface area contributed by atoms with Crippen LogP contribution < -0.4 is 9.64 Å². The standard InChI is InChI=1S/C28H38N2O4/c1-6-29(18-21-12-14-22(15-13-21)20(2)3)26(31)23-9-8-16-30(19-23)24-10-7-11-25(17-24)34-28(4,5)27(32)33/h7,10-15,17,20,23H,6,8-9,16,18-19H2,1-5H3,(H,32,33). The first-order valence-corrected chi connectivity index (χ1v) is 12.3. The highest BCUT2D eigenvalue weighted by atomic mass is 16.5. The molecule has 3 rings (SSSR count). The Bertz CT molecular complexity index is 984. The van der Waals surface area contributed by atoms with Crippen LogP contribution in [-0.4, -0.2) is 47.1 Å². The predicted octanol–water partition coefficient (Wildman–Crippen LogP) is 5.32. The molecule has 0 spiro atoms. The maximum atomic E-state index is 13.4. The number of hydrogen-bond donors (Lipinski definition) is 1. The van der Waals surface area contributed by atoms with E-state index in [0.29, 0.717) is 31.3 Å². The van der Waals surface area contributed by atoms with Crippen molar-refractivity contribution >= 4 is 17.6 Å². The summed E-state index contributed by atoms with van der Waals surface area (Å²) in [7, 11) is 0.